The lowest BCUT2D eigenvalue weighted by molar-refractivity contribution is -0.122. The van der Waals surface area contributed by atoms with Crippen molar-refractivity contribution in [3.63, 3.8) is 0 Å². The van der Waals surface area contributed by atoms with Gasteiger partial charge in [-0.1, -0.05) is 31.0 Å². The number of carbonyl (C=O) groups is 3. The molecule has 6 nitrogen and oxygen atoms in total. The van der Waals surface area contributed by atoms with Gasteiger partial charge in [-0.15, -0.1) is 0 Å². The zero-order chi connectivity index (χ0) is 19.7. The molecule has 1 heterocycles. The first kappa shape index (κ1) is 18.2. The number of nitrogens with zero attached hydrogens (tertiary/aromatic N) is 1. The van der Waals surface area contributed by atoms with Crippen LogP contribution >= 0.6 is 0 Å². The number of ether oxygens (including phenoxy) is 1. The van der Waals surface area contributed by atoms with E-state index in [9.17, 15) is 14.4 Å². The van der Waals surface area contributed by atoms with E-state index in [2.05, 4.69) is 5.32 Å². The van der Waals surface area contributed by atoms with Crippen molar-refractivity contribution in [3.8, 4) is 5.75 Å². The van der Waals surface area contributed by atoms with Gasteiger partial charge in [0, 0.05) is 11.8 Å². The van der Waals surface area contributed by atoms with Crippen LogP contribution in [0.25, 0.3) is 0 Å². The van der Waals surface area contributed by atoms with Crippen molar-refractivity contribution in [1.82, 2.24) is 0 Å². The molecule has 4 rings (SSSR count). The van der Waals surface area contributed by atoms with Gasteiger partial charge in [-0.05, 0) is 37.1 Å². The standard InChI is InChI=1S/C22H22N2O4/c1-28-15-8-6-7-14(13-15)23-20(25)18-11-4-5-12-19(18)24-21(26)16-9-2-3-10-17(16)22(24)27/h4-8,11-13,16-17H,2-3,9-10H2,1H3,(H,23,25)/t16-,17-/m1/s1. The summed E-state index contributed by atoms with van der Waals surface area (Å²) in [4.78, 5) is 40.0. The highest BCUT2D eigenvalue weighted by molar-refractivity contribution is 6.24. The summed E-state index contributed by atoms with van der Waals surface area (Å²) >= 11 is 0. The van der Waals surface area contributed by atoms with E-state index < -0.39 is 0 Å². The minimum atomic E-state index is -0.376. The van der Waals surface area contributed by atoms with Crippen molar-refractivity contribution >= 4 is 29.1 Å². The molecule has 1 N–H and O–H groups in total. The molecule has 2 aromatic carbocycles. The Labute approximate surface area is 163 Å². The minimum absolute atomic E-state index is 0.184. The van der Waals surface area contributed by atoms with Crippen LogP contribution in [0.1, 0.15) is 36.0 Å². The van der Waals surface area contributed by atoms with Gasteiger partial charge in [0.05, 0.1) is 30.2 Å². The highest BCUT2D eigenvalue weighted by atomic mass is 16.5. The molecule has 1 aliphatic carbocycles. The van der Waals surface area contributed by atoms with Gasteiger partial charge in [-0.3, -0.25) is 14.4 Å². The van der Waals surface area contributed by atoms with Crippen molar-refractivity contribution in [3.05, 3.63) is 54.1 Å². The van der Waals surface area contributed by atoms with E-state index >= 15 is 0 Å². The summed E-state index contributed by atoms with van der Waals surface area (Å²) in [6.07, 6.45) is 3.41. The summed E-state index contributed by atoms with van der Waals surface area (Å²) in [5.41, 5.74) is 1.23. The van der Waals surface area contributed by atoms with E-state index in [0.717, 1.165) is 25.7 Å². The smallest absolute Gasteiger partial charge is 0.257 e. The molecule has 1 saturated carbocycles. The van der Waals surface area contributed by atoms with Crippen molar-refractivity contribution in [2.75, 3.05) is 17.3 Å². The fourth-order valence-electron chi connectivity index (χ4n) is 4.16. The van der Waals surface area contributed by atoms with Crippen LogP contribution in [0.3, 0.4) is 0 Å². The summed E-state index contributed by atoms with van der Waals surface area (Å²) in [5.74, 6) is -0.626. The van der Waals surface area contributed by atoms with E-state index in [1.54, 1.807) is 55.6 Å². The van der Waals surface area contributed by atoms with Crippen molar-refractivity contribution in [2.45, 2.75) is 25.7 Å². The predicted molar refractivity (Wildman–Crippen MR) is 105 cm³/mol. The number of hydrogen-bond acceptors (Lipinski definition) is 4. The van der Waals surface area contributed by atoms with Gasteiger partial charge < -0.3 is 10.1 Å². The predicted octanol–water partition coefficient (Wildman–Crippen LogP) is 3.63. The number of anilines is 2. The maximum absolute atomic E-state index is 12.9. The molecular weight excluding hydrogens is 356 g/mol. The molecule has 2 aliphatic rings. The van der Waals surface area contributed by atoms with Gasteiger partial charge in [0.25, 0.3) is 5.91 Å². The molecule has 0 radical (unpaired) electrons. The van der Waals surface area contributed by atoms with E-state index in [1.807, 2.05) is 0 Å². The topological polar surface area (TPSA) is 75.7 Å². The Balaban J connectivity index is 1.64. The largest absolute Gasteiger partial charge is 0.497 e. The Hall–Kier alpha value is -3.15. The summed E-state index contributed by atoms with van der Waals surface area (Å²) in [6.45, 7) is 0. The summed E-state index contributed by atoms with van der Waals surface area (Å²) < 4.78 is 5.18. The molecule has 0 spiro atoms. The lowest BCUT2D eigenvalue weighted by atomic mass is 9.81. The third kappa shape index (κ3) is 3.15. The Bertz CT molecular complexity index is 916. The molecule has 1 aliphatic heterocycles. The van der Waals surface area contributed by atoms with Crippen LogP contribution in [0.5, 0.6) is 5.75 Å². The van der Waals surface area contributed by atoms with E-state index in [1.165, 1.54) is 4.90 Å². The van der Waals surface area contributed by atoms with Gasteiger partial charge in [-0.2, -0.15) is 0 Å². The highest BCUT2D eigenvalue weighted by Gasteiger charge is 2.49. The Morgan fingerprint density at radius 1 is 1.00 bits per heavy atom. The molecule has 0 unspecified atom stereocenters. The van der Waals surface area contributed by atoms with Crippen LogP contribution in [-0.4, -0.2) is 24.8 Å². The van der Waals surface area contributed by atoms with Gasteiger partial charge in [0.15, 0.2) is 0 Å². The number of imide groups is 1. The Kier molecular flexibility index (Phi) is 4.86. The molecule has 0 aromatic heterocycles. The number of carbonyl (C=O) groups excluding carboxylic acids is 3. The first-order valence-electron chi connectivity index (χ1n) is 9.52. The molecule has 1 saturated heterocycles. The van der Waals surface area contributed by atoms with Crippen LogP contribution in [0.15, 0.2) is 48.5 Å². The molecule has 0 bridgehead atoms. The average molecular weight is 378 g/mol. The number of fused-ring (bicyclic) bond motifs is 1. The number of para-hydroxylation sites is 1. The van der Waals surface area contributed by atoms with Crippen molar-refractivity contribution in [1.29, 1.82) is 0 Å². The van der Waals surface area contributed by atoms with Crippen LogP contribution < -0.4 is 15.0 Å². The molecular formula is C22H22N2O4. The maximum atomic E-state index is 12.9. The maximum Gasteiger partial charge on any atom is 0.257 e. The monoisotopic (exact) mass is 378 g/mol. The van der Waals surface area contributed by atoms with E-state index in [0.29, 0.717) is 22.7 Å². The van der Waals surface area contributed by atoms with E-state index in [-0.39, 0.29) is 29.6 Å². The molecule has 144 valence electrons. The quantitative estimate of drug-likeness (QED) is 0.825. The molecule has 6 heteroatoms. The third-order valence-electron chi connectivity index (χ3n) is 5.56. The van der Waals surface area contributed by atoms with Gasteiger partial charge >= 0.3 is 0 Å². The zero-order valence-corrected chi connectivity index (χ0v) is 15.7. The second kappa shape index (κ2) is 7.46. The fourth-order valence-corrected chi connectivity index (χ4v) is 4.16. The molecule has 2 aromatic rings. The Morgan fingerprint density at radius 2 is 1.68 bits per heavy atom. The summed E-state index contributed by atoms with van der Waals surface area (Å²) in [5, 5.41) is 2.82. The number of rotatable bonds is 4. The van der Waals surface area contributed by atoms with Crippen molar-refractivity contribution < 1.29 is 19.1 Å². The average Bonchev–Trinajstić information content (AvgIpc) is 2.98. The summed E-state index contributed by atoms with van der Waals surface area (Å²) in [7, 11) is 1.56. The minimum Gasteiger partial charge on any atom is -0.497 e. The van der Waals surface area contributed by atoms with Crippen LogP contribution in [0, 0.1) is 11.8 Å². The van der Waals surface area contributed by atoms with E-state index in [4.69, 9.17) is 4.74 Å². The van der Waals surface area contributed by atoms with Gasteiger partial charge in [-0.25, -0.2) is 4.90 Å². The molecule has 2 atom stereocenters. The normalized spacial score (nSPS) is 21.4. The van der Waals surface area contributed by atoms with Crippen molar-refractivity contribution in [2.24, 2.45) is 11.8 Å². The van der Waals surface area contributed by atoms with Crippen LogP contribution in [-0.2, 0) is 9.59 Å². The first-order valence-corrected chi connectivity index (χ1v) is 9.52. The van der Waals surface area contributed by atoms with Gasteiger partial charge in [0.1, 0.15) is 5.75 Å². The highest BCUT2D eigenvalue weighted by Crippen LogP contribution is 2.41. The second-order valence-corrected chi connectivity index (χ2v) is 7.21. The number of hydrogen-bond donors (Lipinski definition) is 1. The molecule has 2 fully saturated rings. The fraction of sp³-hybridized carbons (Fsp3) is 0.318. The summed E-state index contributed by atoms with van der Waals surface area (Å²) in [6, 6.07) is 13.8. The lowest BCUT2D eigenvalue weighted by Crippen LogP contribution is -2.32. The lowest BCUT2D eigenvalue weighted by Gasteiger charge is -2.19. The third-order valence-corrected chi connectivity index (χ3v) is 5.56. The number of nitrogens with one attached hydrogen (secondary N) is 1. The zero-order valence-electron chi connectivity index (χ0n) is 15.7. The van der Waals surface area contributed by atoms with Crippen LogP contribution in [0.2, 0.25) is 0 Å². The van der Waals surface area contributed by atoms with Gasteiger partial charge in [0.2, 0.25) is 11.8 Å². The Morgan fingerprint density at radius 3 is 2.36 bits per heavy atom. The van der Waals surface area contributed by atoms with Crippen LogP contribution in [0.4, 0.5) is 11.4 Å². The SMILES string of the molecule is COc1cccc(NC(=O)c2ccccc2N2C(=O)[C@@H]3CCCC[C@H]3C2=O)c1. The molecule has 28 heavy (non-hydrogen) atoms. The number of amides is 3. The first-order chi connectivity index (χ1) is 13.6. The second-order valence-electron chi connectivity index (χ2n) is 7.21. The number of benzene rings is 2. The number of methoxy groups -OCH3 is 1. The molecule has 3 amide bonds.